The Bertz CT molecular complexity index is 618. The average molecular weight is 255 g/mol. The van der Waals surface area contributed by atoms with Gasteiger partial charge in [-0.25, -0.2) is 14.6 Å². The van der Waals surface area contributed by atoms with E-state index in [9.17, 15) is 0 Å². The van der Waals surface area contributed by atoms with Crippen LogP contribution in [0.4, 0.5) is 5.69 Å². The topological polar surface area (TPSA) is 68.8 Å². The van der Waals surface area contributed by atoms with Crippen LogP contribution in [0.3, 0.4) is 0 Å². The minimum atomic E-state index is 0.618. The lowest BCUT2D eigenvalue weighted by Gasteiger charge is -2.07. The van der Waals surface area contributed by atoms with Crippen LogP contribution < -0.4 is 5.32 Å². The van der Waals surface area contributed by atoms with Crippen molar-refractivity contribution < 1.29 is 4.42 Å². The van der Waals surface area contributed by atoms with Gasteiger partial charge in [0.15, 0.2) is 6.39 Å². The van der Waals surface area contributed by atoms with Crippen LogP contribution in [0.25, 0.3) is 0 Å². The molecule has 1 N–H and O–H groups in total. The Morgan fingerprint density at radius 2 is 2.26 bits per heavy atom. The summed E-state index contributed by atoms with van der Waals surface area (Å²) in [5.41, 5.74) is 2.20. The van der Waals surface area contributed by atoms with Gasteiger partial charge in [0.1, 0.15) is 18.4 Å². The highest BCUT2D eigenvalue weighted by Crippen LogP contribution is 2.12. The van der Waals surface area contributed by atoms with Crippen LogP contribution in [0.15, 0.2) is 53.9 Å². The van der Waals surface area contributed by atoms with Crippen LogP contribution in [0.1, 0.15) is 11.3 Å². The number of benzene rings is 1. The molecular formula is C13H13N5O. The molecule has 0 aliphatic heterocycles. The van der Waals surface area contributed by atoms with Crippen LogP contribution in [-0.2, 0) is 13.1 Å². The van der Waals surface area contributed by atoms with E-state index in [4.69, 9.17) is 4.42 Å². The number of nitrogens with zero attached hydrogens (tertiary/aromatic N) is 4. The standard InChI is InChI=1S/C13H13N5O/c1-2-11(7-18-9-15-8-17-18)4-12(3-1)16-6-13-5-14-10-19-13/h1-5,8-10,16H,6-7H2. The molecule has 19 heavy (non-hydrogen) atoms. The van der Waals surface area contributed by atoms with Crippen molar-refractivity contribution in [3.63, 3.8) is 0 Å². The maximum atomic E-state index is 5.17. The van der Waals surface area contributed by atoms with E-state index in [-0.39, 0.29) is 0 Å². The van der Waals surface area contributed by atoms with Crippen molar-refractivity contribution in [1.82, 2.24) is 19.7 Å². The molecule has 2 aromatic heterocycles. The van der Waals surface area contributed by atoms with E-state index in [1.807, 2.05) is 12.1 Å². The predicted molar refractivity (Wildman–Crippen MR) is 69.4 cm³/mol. The van der Waals surface area contributed by atoms with E-state index < -0.39 is 0 Å². The Balaban J connectivity index is 1.66. The van der Waals surface area contributed by atoms with Gasteiger partial charge in [-0.05, 0) is 17.7 Å². The summed E-state index contributed by atoms with van der Waals surface area (Å²) in [6, 6.07) is 8.16. The van der Waals surface area contributed by atoms with Gasteiger partial charge in [0.2, 0.25) is 0 Å². The summed E-state index contributed by atoms with van der Waals surface area (Å²) < 4.78 is 6.96. The van der Waals surface area contributed by atoms with E-state index in [0.29, 0.717) is 13.1 Å². The van der Waals surface area contributed by atoms with E-state index >= 15 is 0 Å². The molecule has 1 aromatic carbocycles. The quantitative estimate of drug-likeness (QED) is 0.754. The van der Waals surface area contributed by atoms with E-state index in [0.717, 1.165) is 17.0 Å². The van der Waals surface area contributed by atoms with Crippen molar-refractivity contribution >= 4 is 5.69 Å². The van der Waals surface area contributed by atoms with Gasteiger partial charge in [0, 0.05) is 5.69 Å². The summed E-state index contributed by atoms with van der Waals surface area (Å²) >= 11 is 0. The molecule has 0 bridgehead atoms. The zero-order valence-electron chi connectivity index (χ0n) is 10.2. The van der Waals surface area contributed by atoms with Crippen molar-refractivity contribution in [1.29, 1.82) is 0 Å². The molecule has 0 aliphatic rings. The molecule has 3 aromatic rings. The highest BCUT2D eigenvalue weighted by atomic mass is 16.3. The summed E-state index contributed by atoms with van der Waals surface area (Å²) in [6.45, 7) is 1.32. The minimum Gasteiger partial charge on any atom is -0.447 e. The van der Waals surface area contributed by atoms with Crippen molar-refractivity contribution in [2.24, 2.45) is 0 Å². The number of hydrogen-bond acceptors (Lipinski definition) is 5. The Hall–Kier alpha value is -2.63. The van der Waals surface area contributed by atoms with Crippen molar-refractivity contribution in [2.45, 2.75) is 13.1 Å². The van der Waals surface area contributed by atoms with E-state index in [2.05, 4.69) is 32.5 Å². The molecule has 0 saturated heterocycles. The zero-order chi connectivity index (χ0) is 12.9. The fourth-order valence-electron chi connectivity index (χ4n) is 1.80. The van der Waals surface area contributed by atoms with Gasteiger partial charge in [0.25, 0.3) is 0 Å². The molecule has 0 atom stereocenters. The van der Waals surface area contributed by atoms with Gasteiger partial charge >= 0.3 is 0 Å². The van der Waals surface area contributed by atoms with Gasteiger partial charge in [0.05, 0.1) is 19.3 Å². The Morgan fingerprint density at radius 1 is 1.26 bits per heavy atom. The lowest BCUT2D eigenvalue weighted by atomic mass is 10.2. The van der Waals surface area contributed by atoms with Crippen molar-refractivity contribution in [3.8, 4) is 0 Å². The molecule has 0 aliphatic carbocycles. The third-order valence-electron chi connectivity index (χ3n) is 2.69. The fourth-order valence-corrected chi connectivity index (χ4v) is 1.80. The second kappa shape index (κ2) is 5.34. The molecule has 0 saturated carbocycles. The van der Waals surface area contributed by atoms with Crippen LogP contribution in [0.2, 0.25) is 0 Å². The Kier molecular flexibility index (Phi) is 3.22. The van der Waals surface area contributed by atoms with Gasteiger partial charge in [-0.2, -0.15) is 5.10 Å². The van der Waals surface area contributed by atoms with Gasteiger partial charge in [-0.15, -0.1) is 0 Å². The number of oxazole rings is 1. The zero-order valence-corrected chi connectivity index (χ0v) is 10.2. The molecule has 0 amide bonds. The maximum Gasteiger partial charge on any atom is 0.180 e. The van der Waals surface area contributed by atoms with Crippen LogP contribution in [-0.4, -0.2) is 19.7 Å². The van der Waals surface area contributed by atoms with E-state index in [1.165, 1.54) is 12.7 Å². The Labute approximate surface area is 110 Å². The summed E-state index contributed by atoms with van der Waals surface area (Å²) in [5.74, 6) is 0.807. The van der Waals surface area contributed by atoms with Crippen LogP contribution in [0.5, 0.6) is 0 Å². The monoisotopic (exact) mass is 255 g/mol. The van der Waals surface area contributed by atoms with Crippen LogP contribution in [0, 0.1) is 0 Å². The molecule has 0 unspecified atom stereocenters. The SMILES string of the molecule is c1cc(Cn2cncn2)cc(NCc2cnco2)c1. The maximum absolute atomic E-state index is 5.17. The number of rotatable bonds is 5. The van der Waals surface area contributed by atoms with Crippen LogP contribution >= 0.6 is 0 Å². The summed E-state index contributed by atoms with van der Waals surface area (Å²) in [5, 5.41) is 7.38. The smallest absolute Gasteiger partial charge is 0.180 e. The highest BCUT2D eigenvalue weighted by molar-refractivity contribution is 5.45. The molecule has 0 fully saturated rings. The summed E-state index contributed by atoms with van der Waals surface area (Å²) in [4.78, 5) is 7.80. The first kappa shape index (κ1) is 11.5. The van der Waals surface area contributed by atoms with Crippen molar-refractivity contribution in [2.75, 3.05) is 5.32 Å². The van der Waals surface area contributed by atoms with E-state index in [1.54, 1.807) is 17.2 Å². The highest BCUT2D eigenvalue weighted by Gasteiger charge is 2.00. The number of anilines is 1. The second-order valence-corrected chi connectivity index (χ2v) is 4.11. The summed E-state index contributed by atoms with van der Waals surface area (Å²) in [7, 11) is 0. The molecule has 2 heterocycles. The number of nitrogens with one attached hydrogen (secondary N) is 1. The average Bonchev–Trinajstić information content (AvgIpc) is 3.10. The lowest BCUT2D eigenvalue weighted by molar-refractivity contribution is 0.511. The molecule has 6 nitrogen and oxygen atoms in total. The molecular weight excluding hydrogens is 242 g/mol. The molecule has 0 spiro atoms. The molecule has 0 radical (unpaired) electrons. The first-order valence-electron chi connectivity index (χ1n) is 5.93. The first-order chi connectivity index (χ1) is 9.40. The predicted octanol–water partition coefficient (Wildman–Crippen LogP) is 1.93. The fraction of sp³-hybridized carbons (Fsp3) is 0.154. The second-order valence-electron chi connectivity index (χ2n) is 4.11. The lowest BCUT2D eigenvalue weighted by Crippen LogP contribution is -2.02. The first-order valence-corrected chi connectivity index (χ1v) is 5.93. The summed E-state index contributed by atoms with van der Waals surface area (Å²) in [6.07, 6.45) is 6.37. The molecule has 3 rings (SSSR count). The third-order valence-corrected chi connectivity index (χ3v) is 2.69. The van der Waals surface area contributed by atoms with Gasteiger partial charge < -0.3 is 9.73 Å². The largest absolute Gasteiger partial charge is 0.447 e. The molecule has 96 valence electrons. The third kappa shape index (κ3) is 2.98. The van der Waals surface area contributed by atoms with Gasteiger partial charge in [-0.1, -0.05) is 12.1 Å². The number of hydrogen-bond donors (Lipinski definition) is 1. The van der Waals surface area contributed by atoms with Crippen molar-refractivity contribution in [3.05, 3.63) is 60.8 Å². The Morgan fingerprint density at radius 3 is 3.05 bits per heavy atom. The minimum absolute atomic E-state index is 0.618. The normalized spacial score (nSPS) is 10.5. The van der Waals surface area contributed by atoms with Gasteiger partial charge in [-0.3, -0.25) is 0 Å². The number of aromatic nitrogens is 4. The molecule has 6 heteroatoms.